The Balaban J connectivity index is 0.0000000958. The molecule has 0 amide bonds. The smallest absolute Gasteiger partial charge is 0.0133 e. The highest BCUT2D eigenvalue weighted by molar-refractivity contribution is 5.34. The molecular formula is C26H32. The van der Waals surface area contributed by atoms with Crippen molar-refractivity contribution in [3.05, 3.63) is 72.9 Å². The lowest BCUT2D eigenvalue weighted by Crippen LogP contribution is -2.19. The minimum Gasteiger partial charge on any atom is -0.0845 e. The van der Waals surface area contributed by atoms with E-state index in [0.29, 0.717) is 10.8 Å². The maximum absolute atomic E-state index is 2.42. The predicted molar refractivity (Wildman–Crippen MR) is 111 cm³/mol. The van der Waals surface area contributed by atoms with Crippen LogP contribution in [-0.2, 0) is 0 Å². The normalized spacial score (nSPS) is 46.2. The summed E-state index contributed by atoms with van der Waals surface area (Å²) >= 11 is 0. The van der Waals surface area contributed by atoms with Gasteiger partial charge in [-0.05, 0) is 49.4 Å². The van der Waals surface area contributed by atoms with Crippen LogP contribution in [0.1, 0.15) is 51.4 Å². The molecular weight excluding hydrogens is 312 g/mol. The Bertz CT molecular complexity index is 648. The highest BCUT2D eigenvalue weighted by Crippen LogP contribution is 2.56. The molecule has 0 saturated heterocycles. The summed E-state index contributed by atoms with van der Waals surface area (Å²) in [6.07, 6.45) is 39.5. The summed E-state index contributed by atoms with van der Waals surface area (Å²) in [5.74, 6) is 3.41. The molecule has 6 unspecified atom stereocenters. The molecule has 0 radical (unpaired) electrons. The lowest BCUT2D eigenvalue weighted by Gasteiger charge is -2.28. The molecule has 26 heavy (non-hydrogen) atoms. The third kappa shape index (κ3) is 2.82. The molecule has 7 aliphatic rings. The van der Waals surface area contributed by atoms with Crippen molar-refractivity contribution in [2.24, 2.45) is 34.5 Å². The topological polar surface area (TPSA) is 0 Å². The maximum Gasteiger partial charge on any atom is 0.0133 e. The van der Waals surface area contributed by atoms with Crippen molar-refractivity contribution in [1.82, 2.24) is 0 Å². The Hall–Kier alpha value is -1.56. The van der Waals surface area contributed by atoms with Crippen molar-refractivity contribution in [1.29, 1.82) is 0 Å². The van der Waals surface area contributed by atoms with Gasteiger partial charge in [-0.25, -0.2) is 0 Å². The van der Waals surface area contributed by atoms with E-state index in [0.717, 1.165) is 23.7 Å². The van der Waals surface area contributed by atoms with Gasteiger partial charge in [-0.2, -0.15) is 0 Å². The first-order chi connectivity index (χ1) is 12.8. The number of hydrogen-bond acceptors (Lipinski definition) is 0. The van der Waals surface area contributed by atoms with Crippen molar-refractivity contribution in [2.45, 2.75) is 51.4 Å². The molecule has 2 spiro atoms. The number of fused-ring (bicyclic) bond motifs is 2. The quantitative estimate of drug-likeness (QED) is 0.417. The Morgan fingerprint density at radius 1 is 0.500 bits per heavy atom. The standard InChI is InChI=1S/2C11H12.C4H8/c2*1-2-5-11-6-4-9(8-11)7-10(11)3-1;1-2-4-3-1/h2*1-6,9-10H,7-8H2;1-4H2. The molecule has 0 aromatic rings. The summed E-state index contributed by atoms with van der Waals surface area (Å²) < 4.78 is 0. The van der Waals surface area contributed by atoms with Gasteiger partial charge in [0.05, 0.1) is 0 Å². The van der Waals surface area contributed by atoms with Crippen LogP contribution in [0, 0.1) is 34.5 Å². The minimum atomic E-state index is 0.458. The zero-order valence-electron chi connectivity index (χ0n) is 15.9. The van der Waals surface area contributed by atoms with Gasteiger partial charge in [0.15, 0.2) is 0 Å². The Morgan fingerprint density at radius 3 is 1.31 bits per heavy atom. The molecule has 7 rings (SSSR count). The molecule has 4 bridgehead atoms. The van der Waals surface area contributed by atoms with Gasteiger partial charge in [0.2, 0.25) is 0 Å². The summed E-state index contributed by atoms with van der Waals surface area (Å²) in [6, 6.07) is 0. The van der Waals surface area contributed by atoms with Crippen molar-refractivity contribution < 1.29 is 0 Å². The monoisotopic (exact) mass is 344 g/mol. The van der Waals surface area contributed by atoms with Crippen LogP contribution in [0.2, 0.25) is 0 Å². The van der Waals surface area contributed by atoms with Crippen LogP contribution in [0.4, 0.5) is 0 Å². The van der Waals surface area contributed by atoms with Crippen LogP contribution in [0.3, 0.4) is 0 Å². The molecule has 0 heteroatoms. The van der Waals surface area contributed by atoms with Gasteiger partial charge in [0.25, 0.3) is 0 Å². The molecule has 3 saturated carbocycles. The zero-order chi connectivity index (χ0) is 17.5. The molecule has 0 nitrogen and oxygen atoms in total. The first kappa shape index (κ1) is 16.6. The highest BCUT2D eigenvalue weighted by atomic mass is 14.5. The van der Waals surface area contributed by atoms with E-state index in [2.05, 4.69) is 72.9 Å². The maximum atomic E-state index is 2.42. The van der Waals surface area contributed by atoms with Crippen LogP contribution in [0.15, 0.2) is 72.9 Å². The molecule has 6 atom stereocenters. The average Bonchev–Trinajstić information content (AvgIpc) is 3.36. The van der Waals surface area contributed by atoms with E-state index in [1.54, 1.807) is 0 Å². The van der Waals surface area contributed by atoms with E-state index < -0.39 is 0 Å². The summed E-state index contributed by atoms with van der Waals surface area (Å²) in [5.41, 5.74) is 0.916. The number of hydrogen-bond donors (Lipinski definition) is 0. The van der Waals surface area contributed by atoms with Crippen molar-refractivity contribution in [3.63, 3.8) is 0 Å². The van der Waals surface area contributed by atoms with Crippen molar-refractivity contribution >= 4 is 0 Å². The molecule has 0 aliphatic heterocycles. The first-order valence-corrected chi connectivity index (χ1v) is 10.9. The Morgan fingerprint density at radius 2 is 0.962 bits per heavy atom. The summed E-state index contributed by atoms with van der Waals surface area (Å²) in [7, 11) is 0. The van der Waals surface area contributed by atoms with Gasteiger partial charge in [-0.1, -0.05) is 98.6 Å². The lowest BCUT2D eigenvalue weighted by atomic mass is 9.75. The van der Waals surface area contributed by atoms with Gasteiger partial charge in [0.1, 0.15) is 0 Å². The molecule has 0 heterocycles. The Labute approximate surface area is 159 Å². The van der Waals surface area contributed by atoms with E-state index in [1.165, 1.54) is 51.4 Å². The van der Waals surface area contributed by atoms with E-state index in [9.17, 15) is 0 Å². The van der Waals surface area contributed by atoms with Crippen LogP contribution < -0.4 is 0 Å². The van der Waals surface area contributed by atoms with E-state index in [1.807, 2.05) is 0 Å². The van der Waals surface area contributed by atoms with Crippen LogP contribution >= 0.6 is 0 Å². The number of allylic oxidation sites excluding steroid dienone is 12. The second-order valence-electron chi connectivity index (χ2n) is 9.46. The van der Waals surface area contributed by atoms with Crippen molar-refractivity contribution in [2.75, 3.05) is 0 Å². The fourth-order valence-corrected chi connectivity index (χ4v) is 5.90. The van der Waals surface area contributed by atoms with Crippen LogP contribution in [0.5, 0.6) is 0 Å². The van der Waals surface area contributed by atoms with E-state index in [-0.39, 0.29) is 0 Å². The first-order valence-electron chi connectivity index (χ1n) is 10.9. The predicted octanol–water partition coefficient (Wildman–Crippen LogP) is 6.95. The van der Waals surface area contributed by atoms with E-state index >= 15 is 0 Å². The summed E-state index contributed by atoms with van der Waals surface area (Å²) in [4.78, 5) is 0. The average molecular weight is 345 g/mol. The fourth-order valence-electron chi connectivity index (χ4n) is 5.90. The summed E-state index contributed by atoms with van der Waals surface area (Å²) in [6.45, 7) is 0. The van der Waals surface area contributed by atoms with Gasteiger partial charge < -0.3 is 0 Å². The summed E-state index contributed by atoms with van der Waals surface area (Å²) in [5, 5.41) is 0. The van der Waals surface area contributed by atoms with Crippen molar-refractivity contribution in [3.8, 4) is 0 Å². The molecule has 3 fully saturated rings. The van der Waals surface area contributed by atoms with Gasteiger partial charge in [-0.15, -0.1) is 0 Å². The largest absolute Gasteiger partial charge is 0.0845 e. The third-order valence-electron chi connectivity index (χ3n) is 7.81. The zero-order valence-corrected chi connectivity index (χ0v) is 15.9. The highest BCUT2D eigenvalue weighted by Gasteiger charge is 2.46. The van der Waals surface area contributed by atoms with Gasteiger partial charge in [0, 0.05) is 10.8 Å². The third-order valence-corrected chi connectivity index (χ3v) is 7.81. The van der Waals surface area contributed by atoms with Crippen LogP contribution in [-0.4, -0.2) is 0 Å². The second-order valence-corrected chi connectivity index (χ2v) is 9.46. The van der Waals surface area contributed by atoms with Gasteiger partial charge in [-0.3, -0.25) is 0 Å². The fraction of sp³-hybridized carbons (Fsp3) is 0.538. The molecule has 136 valence electrons. The number of rotatable bonds is 0. The SMILES string of the molecule is C1=CC2CC3C=CC2(C=C1)C3.C1=CC2CC3C=CC2(C=C1)C3.C1CCC1. The molecule has 0 aromatic heterocycles. The molecule has 0 aromatic carbocycles. The Kier molecular flexibility index (Phi) is 4.18. The van der Waals surface area contributed by atoms with E-state index in [4.69, 9.17) is 0 Å². The minimum absolute atomic E-state index is 0.458. The molecule has 0 N–H and O–H groups in total. The van der Waals surface area contributed by atoms with Crippen LogP contribution in [0.25, 0.3) is 0 Å². The van der Waals surface area contributed by atoms with Gasteiger partial charge >= 0.3 is 0 Å². The second kappa shape index (κ2) is 6.55. The molecule has 7 aliphatic carbocycles. The lowest BCUT2D eigenvalue weighted by molar-refractivity contribution is 0.420.